The highest BCUT2D eigenvalue weighted by Gasteiger charge is 2.05. The minimum Gasteiger partial charge on any atom is -0.244 e. The normalized spacial score (nSPS) is 10.8. The van der Waals surface area contributed by atoms with E-state index >= 15 is 0 Å². The monoisotopic (exact) mass is 245 g/mol. The lowest BCUT2D eigenvalue weighted by Gasteiger charge is -2.04. The maximum Gasteiger partial charge on any atom is 0.129 e. The number of hydrogen-bond acceptors (Lipinski definition) is 1. The molecule has 0 aliphatic rings. The molecule has 4 heteroatoms. The summed E-state index contributed by atoms with van der Waals surface area (Å²) in [5, 5.41) is 2.95. The molecular weight excluding hydrogens is 240 g/mol. The summed E-state index contributed by atoms with van der Waals surface area (Å²) in [4.78, 5) is 4.01. The molecule has 0 bridgehead atoms. The van der Waals surface area contributed by atoms with Crippen LogP contribution in [-0.4, -0.2) is 4.98 Å². The first-order valence-electron chi connectivity index (χ1n) is 4.01. The molecule has 0 fully saturated rings. The molecule has 0 saturated heterocycles. The van der Waals surface area contributed by atoms with Gasteiger partial charge in [-0.25, -0.2) is 4.98 Å². The topological polar surface area (TPSA) is 12.9 Å². The van der Waals surface area contributed by atoms with E-state index in [-0.39, 0.29) is 0 Å². The second-order valence-electron chi connectivity index (χ2n) is 2.89. The van der Waals surface area contributed by atoms with Gasteiger partial charge >= 0.3 is 0 Å². The second kappa shape index (κ2) is 3.93. The van der Waals surface area contributed by atoms with Crippen LogP contribution in [0.2, 0.25) is 10.2 Å². The zero-order chi connectivity index (χ0) is 10.1. The number of halogens is 3. The van der Waals surface area contributed by atoms with E-state index in [1.807, 2.05) is 12.1 Å². The van der Waals surface area contributed by atoms with Crippen molar-refractivity contribution in [2.75, 3.05) is 0 Å². The zero-order valence-corrected chi connectivity index (χ0v) is 9.37. The average molecular weight is 247 g/mol. The molecule has 14 heavy (non-hydrogen) atoms. The Balaban J connectivity index is 2.84. The van der Waals surface area contributed by atoms with Gasteiger partial charge in [0.25, 0.3) is 0 Å². The molecule has 2 rings (SSSR count). The van der Waals surface area contributed by atoms with Crippen molar-refractivity contribution in [2.24, 2.45) is 0 Å². The molecule has 0 aliphatic heterocycles. The number of hydrogen-bond donors (Lipinski definition) is 0. The van der Waals surface area contributed by atoms with Crippen LogP contribution in [0.5, 0.6) is 0 Å². The second-order valence-corrected chi connectivity index (χ2v) is 3.95. The van der Waals surface area contributed by atoms with Gasteiger partial charge in [-0.1, -0.05) is 29.3 Å². The van der Waals surface area contributed by atoms with Gasteiger partial charge < -0.3 is 0 Å². The molecule has 2 aromatic rings. The van der Waals surface area contributed by atoms with Crippen molar-refractivity contribution < 1.29 is 0 Å². The maximum absolute atomic E-state index is 6.03. The van der Waals surface area contributed by atoms with Crippen LogP contribution < -0.4 is 0 Å². The van der Waals surface area contributed by atoms with Crippen molar-refractivity contribution in [2.45, 2.75) is 5.88 Å². The molecule has 0 spiro atoms. The van der Waals surface area contributed by atoms with E-state index in [2.05, 4.69) is 4.98 Å². The summed E-state index contributed by atoms with van der Waals surface area (Å²) in [6.07, 6.45) is 1.70. The lowest BCUT2D eigenvalue weighted by atomic mass is 10.1. The van der Waals surface area contributed by atoms with E-state index in [9.17, 15) is 0 Å². The van der Waals surface area contributed by atoms with Crippen LogP contribution in [0.3, 0.4) is 0 Å². The molecule has 1 heterocycles. The number of fused-ring (bicyclic) bond motifs is 1. The predicted molar refractivity (Wildman–Crippen MR) is 61.3 cm³/mol. The summed E-state index contributed by atoms with van der Waals surface area (Å²) in [5.41, 5.74) is 1.01. The van der Waals surface area contributed by atoms with Crippen LogP contribution in [-0.2, 0) is 5.88 Å². The predicted octanol–water partition coefficient (Wildman–Crippen LogP) is 4.28. The molecule has 1 aromatic carbocycles. The van der Waals surface area contributed by atoms with Crippen molar-refractivity contribution in [3.05, 3.63) is 40.1 Å². The third-order valence-electron chi connectivity index (χ3n) is 2.05. The smallest absolute Gasteiger partial charge is 0.129 e. The Morgan fingerprint density at radius 2 is 1.93 bits per heavy atom. The number of pyridine rings is 1. The summed E-state index contributed by atoms with van der Waals surface area (Å²) < 4.78 is 0. The van der Waals surface area contributed by atoms with Crippen molar-refractivity contribution in [1.82, 2.24) is 4.98 Å². The van der Waals surface area contributed by atoms with Gasteiger partial charge in [0.1, 0.15) is 5.15 Å². The number of alkyl halides is 1. The quantitative estimate of drug-likeness (QED) is 0.540. The van der Waals surface area contributed by atoms with Crippen molar-refractivity contribution in [3.8, 4) is 0 Å². The Hall–Kier alpha value is -0.500. The Bertz CT molecular complexity index is 482. The number of aromatic nitrogens is 1. The molecule has 0 aliphatic carbocycles. The highest BCUT2D eigenvalue weighted by atomic mass is 35.5. The molecule has 1 nitrogen and oxygen atoms in total. The van der Waals surface area contributed by atoms with Gasteiger partial charge in [0.15, 0.2) is 0 Å². The van der Waals surface area contributed by atoms with Crippen LogP contribution in [0.4, 0.5) is 0 Å². The van der Waals surface area contributed by atoms with Crippen LogP contribution in [0.15, 0.2) is 24.4 Å². The summed E-state index contributed by atoms with van der Waals surface area (Å²) in [5.74, 6) is 0.441. The SMILES string of the molecule is ClCc1ccc(Cl)c2cc(Cl)ncc12. The van der Waals surface area contributed by atoms with Crippen molar-refractivity contribution in [3.63, 3.8) is 0 Å². The lowest BCUT2D eigenvalue weighted by Crippen LogP contribution is -1.85. The average Bonchev–Trinajstić information content (AvgIpc) is 2.19. The molecule has 0 unspecified atom stereocenters. The van der Waals surface area contributed by atoms with E-state index in [1.165, 1.54) is 0 Å². The van der Waals surface area contributed by atoms with Gasteiger partial charge in [-0.3, -0.25) is 0 Å². The lowest BCUT2D eigenvalue weighted by molar-refractivity contribution is 1.34. The van der Waals surface area contributed by atoms with Crippen LogP contribution in [0.25, 0.3) is 10.8 Å². The van der Waals surface area contributed by atoms with Crippen molar-refractivity contribution >= 4 is 45.6 Å². The molecule has 1 aromatic heterocycles. The zero-order valence-electron chi connectivity index (χ0n) is 7.10. The summed E-state index contributed by atoms with van der Waals surface area (Å²) in [7, 11) is 0. The maximum atomic E-state index is 6.03. The first kappa shape index (κ1) is 10.0. The van der Waals surface area contributed by atoms with Gasteiger partial charge in [0.2, 0.25) is 0 Å². The molecule has 72 valence electrons. The van der Waals surface area contributed by atoms with Gasteiger partial charge in [-0.15, -0.1) is 11.6 Å². The molecule has 0 amide bonds. The molecule has 0 atom stereocenters. The van der Waals surface area contributed by atoms with Gasteiger partial charge in [0.05, 0.1) is 0 Å². The molecular formula is C10H6Cl3N. The minimum absolute atomic E-state index is 0.436. The first-order valence-corrected chi connectivity index (χ1v) is 5.30. The number of benzene rings is 1. The molecule has 0 saturated carbocycles. The molecule has 0 radical (unpaired) electrons. The van der Waals surface area contributed by atoms with E-state index < -0.39 is 0 Å². The van der Waals surface area contributed by atoms with Crippen LogP contribution in [0, 0.1) is 0 Å². The standard InChI is InChI=1S/C10H6Cl3N/c11-4-6-1-2-9(12)7-3-10(13)14-5-8(6)7/h1-3,5H,4H2. The Morgan fingerprint density at radius 3 is 2.64 bits per heavy atom. The van der Waals surface area contributed by atoms with Gasteiger partial charge in [-0.2, -0.15) is 0 Å². The van der Waals surface area contributed by atoms with Crippen LogP contribution in [0.1, 0.15) is 5.56 Å². The third-order valence-corrected chi connectivity index (χ3v) is 2.87. The minimum atomic E-state index is 0.436. The van der Waals surface area contributed by atoms with Gasteiger partial charge in [-0.05, 0) is 17.7 Å². The van der Waals surface area contributed by atoms with E-state index in [4.69, 9.17) is 34.8 Å². The Kier molecular flexibility index (Phi) is 2.82. The van der Waals surface area contributed by atoms with E-state index in [0.717, 1.165) is 16.3 Å². The summed E-state index contributed by atoms with van der Waals surface area (Å²) >= 11 is 17.6. The number of nitrogens with zero attached hydrogens (tertiary/aromatic N) is 1. The van der Waals surface area contributed by atoms with Gasteiger partial charge in [0, 0.05) is 27.9 Å². The summed E-state index contributed by atoms with van der Waals surface area (Å²) in [6, 6.07) is 5.46. The first-order chi connectivity index (χ1) is 6.72. The van der Waals surface area contributed by atoms with Crippen LogP contribution >= 0.6 is 34.8 Å². The largest absolute Gasteiger partial charge is 0.244 e. The fourth-order valence-electron chi connectivity index (χ4n) is 1.35. The fourth-order valence-corrected chi connectivity index (χ4v) is 1.96. The Morgan fingerprint density at radius 1 is 1.14 bits per heavy atom. The Labute approximate surface area is 96.6 Å². The van der Waals surface area contributed by atoms with E-state index in [1.54, 1.807) is 12.3 Å². The van der Waals surface area contributed by atoms with Crippen molar-refractivity contribution in [1.29, 1.82) is 0 Å². The van der Waals surface area contributed by atoms with E-state index in [0.29, 0.717) is 16.1 Å². The molecule has 0 N–H and O–H groups in total. The highest BCUT2D eigenvalue weighted by molar-refractivity contribution is 6.36. The third kappa shape index (κ3) is 1.68. The fraction of sp³-hybridized carbons (Fsp3) is 0.100. The number of rotatable bonds is 1. The summed E-state index contributed by atoms with van der Waals surface area (Å²) in [6.45, 7) is 0. The highest BCUT2D eigenvalue weighted by Crippen LogP contribution is 2.28.